The minimum atomic E-state index is -1.40. The van der Waals surface area contributed by atoms with Crippen LogP contribution in [0, 0.1) is 5.41 Å². The molecule has 1 atom stereocenters. The first-order valence-electron chi connectivity index (χ1n) is 6.85. The number of carbonyl (C=O) groups is 3. The van der Waals surface area contributed by atoms with Gasteiger partial charge in [0.2, 0.25) is 5.91 Å². The Morgan fingerprint density at radius 3 is 2.39 bits per heavy atom. The van der Waals surface area contributed by atoms with Crippen LogP contribution in [0.2, 0.25) is 0 Å². The molecule has 0 fully saturated rings. The second-order valence-electron chi connectivity index (χ2n) is 5.27. The minimum absolute atomic E-state index is 0. The zero-order valence-corrected chi connectivity index (χ0v) is 13.0. The van der Waals surface area contributed by atoms with Gasteiger partial charge in [-0.15, -0.1) is 0 Å². The molecule has 0 radical (unpaired) electrons. The van der Waals surface area contributed by atoms with Crippen molar-refractivity contribution in [3.63, 3.8) is 0 Å². The van der Waals surface area contributed by atoms with Crippen molar-refractivity contribution in [2.45, 2.75) is 33.3 Å². The molecule has 0 saturated heterocycles. The Morgan fingerprint density at radius 1 is 1.26 bits per heavy atom. The maximum atomic E-state index is 11.6. The summed E-state index contributed by atoms with van der Waals surface area (Å²) in [4.78, 5) is 34.1. The number of amides is 1. The second kappa shape index (κ2) is 13.0. The average Bonchev–Trinajstić information content (AvgIpc) is 2.46. The van der Waals surface area contributed by atoms with Gasteiger partial charge < -0.3 is 20.3 Å². The van der Waals surface area contributed by atoms with Gasteiger partial charge in [0.05, 0.1) is 13.0 Å². The van der Waals surface area contributed by atoms with E-state index in [1.54, 1.807) is 19.1 Å². The molecule has 8 heteroatoms. The Balaban J connectivity index is 0. The van der Waals surface area contributed by atoms with Crippen LogP contribution in [0.5, 0.6) is 0 Å². The van der Waals surface area contributed by atoms with Crippen LogP contribution in [0.15, 0.2) is 24.3 Å². The summed E-state index contributed by atoms with van der Waals surface area (Å²) in [6, 6.07) is 0. The third-order valence-electron chi connectivity index (χ3n) is 2.77. The predicted octanol–water partition coefficient (Wildman–Crippen LogP) is -0.574. The van der Waals surface area contributed by atoms with Crippen LogP contribution in [0.25, 0.3) is 0 Å². The quantitative estimate of drug-likeness (QED) is 0.177. The Kier molecular flexibility index (Phi) is 14.1. The van der Waals surface area contributed by atoms with E-state index in [0.717, 1.165) is 6.08 Å². The van der Waals surface area contributed by atoms with Crippen LogP contribution in [0.1, 0.15) is 27.2 Å². The normalized spacial score (nSPS) is 12.7. The zero-order valence-electron chi connectivity index (χ0n) is 13.0. The molecule has 0 rings (SSSR count). The molecule has 1 amide bonds. The number of nitrogens with one attached hydrogen (secondary N) is 1. The first-order valence-corrected chi connectivity index (χ1v) is 6.85. The van der Waals surface area contributed by atoms with Crippen molar-refractivity contribution in [1.82, 2.24) is 5.32 Å². The summed E-state index contributed by atoms with van der Waals surface area (Å²) in [5.74, 6) is -2.28. The Bertz CT molecular complexity index is 459. The summed E-state index contributed by atoms with van der Waals surface area (Å²) in [6.45, 7) is 4.39. The standard InChI is InChI=1S/C15H23NO6.K.H/c1-4-5-6-7-11(18)22-12(19)8-9-16-14(21)13(20)15(2,3)10-17;;/h4-7,13,17,20H,8-10H2,1-3H3,(H,16,21);;/b5-4+,7-6+;;/t13-;;/m0../s1. The maximum absolute atomic E-state index is 11.6. The molecule has 0 aliphatic rings. The third kappa shape index (κ3) is 10.9. The number of allylic oxidation sites excluding steroid dienone is 3. The summed E-state index contributed by atoms with van der Waals surface area (Å²) >= 11 is 0. The number of rotatable bonds is 8. The first-order chi connectivity index (χ1) is 10.2. The number of carbonyl (C=O) groups excluding carboxylic acids is 3. The second-order valence-corrected chi connectivity index (χ2v) is 5.27. The van der Waals surface area contributed by atoms with E-state index in [9.17, 15) is 19.5 Å². The number of esters is 2. The Hall–Kier alpha value is -0.354. The van der Waals surface area contributed by atoms with Crippen molar-refractivity contribution in [1.29, 1.82) is 0 Å². The van der Waals surface area contributed by atoms with Gasteiger partial charge in [0.1, 0.15) is 6.10 Å². The summed E-state index contributed by atoms with van der Waals surface area (Å²) in [5, 5.41) is 21.1. The van der Waals surface area contributed by atoms with E-state index in [0.29, 0.717) is 0 Å². The molecule has 0 aliphatic carbocycles. The summed E-state index contributed by atoms with van der Waals surface area (Å²) < 4.78 is 4.48. The zero-order chi connectivity index (χ0) is 17.2. The molecule has 0 bridgehead atoms. The fraction of sp³-hybridized carbons (Fsp3) is 0.533. The SMILES string of the molecule is C/C=C/C=C/C(=O)OC(=O)CCNC(=O)[C@H](O)C(C)(C)CO.[KH]. The molecule has 0 aromatic rings. The Morgan fingerprint density at radius 2 is 1.87 bits per heavy atom. The van der Waals surface area contributed by atoms with Gasteiger partial charge in [0.25, 0.3) is 0 Å². The van der Waals surface area contributed by atoms with E-state index in [-0.39, 0.29) is 71.0 Å². The predicted molar refractivity (Wildman–Crippen MR) is 86.7 cm³/mol. The number of hydrogen-bond acceptors (Lipinski definition) is 6. The topological polar surface area (TPSA) is 113 Å². The van der Waals surface area contributed by atoms with Gasteiger partial charge >= 0.3 is 63.3 Å². The molecule has 0 aromatic heterocycles. The van der Waals surface area contributed by atoms with Crippen molar-refractivity contribution in [3.8, 4) is 0 Å². The molecule has 0 saturated carbocycles. The molecule has 7 nitrogen and oxygen atoms in total. The van der Waals surface area contributed by atoms with Gasteiger partial charge in [0.15, 0.2) is 0 Å². The average molecular weight is 353 g/mol. The first kappa shape index (κ1) is 24.9. The monoisotopic (exact) mass is 353 g/mol. The van der Waals surface area contributed by atoms with Crippen LogP contribution in [0.3, 0.4) is 0 Å². The van der Waals surface area contributed by atoms with Crippen molar-refractivity contribution in [2.24, 2.45) is 5.41 Å². The van der Waals surface area contributed by atoms with Crippen LogP contribution in [-0.4, -0.2) is 98.7 Å². The van der Waals surface area contributed by atoms with E-state index < -0.39 is 29.4 Å². The van der Waals surface area contributed by atoms with Crippen molar-refractivity contribution in [3.05, 3.63) is 24.3 Å². The van der Waals surface area contributed by atoms with Crippen LogP contribution >= 0.6 is 0 Å². The molecule has 0 aliphatic heterocycles. The van der Waals surface area contributed by atoms with E-state index in [1.807, 2.05) is 0 Å². The molecular formula is C15H24KNO6. The van der Waals surface area contributed by atoms with Gasteiger partial charge in [-0.3, -0.25) is 9.59 Å². The number of aliphatic hydroxyl groups excluding tert-OH is 2. The van der Waals surface area contributed by atoms with Crippen molar-refractivity contribution >= 4 is 69.2 Å². The van der Waals surface area contributed by atoms with Crippen molar-refractivity contribution in [2.75, 3.05) is 13.2 Å². The summed E-state index contributed by atoms with van der Waals surface area (Å²) in [6.07, 6.45) is 4.24. The van der Waals surface area contributed by atoms with Crippen molar-refractivity contribution < 1.29 is 29.3 Å². The van der Waals surface area contributed by atoms with Crippen LogP contribution in [-0.2, 0) is 19.1 Å². The number of aliphatic hydroxyl groups is 2. The van der Waals surface area contributed by atoms with Gasteiger partial charge in [-0.2, -0.15) is 0 Å². The molecule has 0 unspecified atom stereocenters. The van der Waals surface area contributed by atoms with Gasteiger partial charge in [-0.05, 0) is 6.92 Å². The molecule has 3 N–H and O–H groups in total. The van der Waals surface area contributed by atoms with Crippen LogP contribution in [0.4, 0.5) is 0 Å². The molecular weight excluding hydrogens is 329 g/mol. The van der Waals surface area contributed by atoms with E-state index in [2.05, 4.69) is 10.1 Å². The number of ether oxygens (including phenoxy) is 1. The number of hydrogen-bond donors (Lipinski definition) is 3. The third-order valence-corrected chi connectivity index (χ3v) is 2.77. The van der Waals surface area contributed by atoms with Gasteiger partial charge in [-0.25, -0.2) is 4.79 Å². The molecule has 126 valence electrons. The van der Waals surface area contributed by atoms with Gasteiger partial charge in [0, 0.05) is 18.0 Å². The fourth-order valence-corrected chi connectivity index (χ4v) is 1.27. The van der Waals surface area contributed by atoms with E-state index in [1.165, 1.54) is 19.9 Å². The molecule has 0 aromatic carbocycles. The summed E-state index contributed by atoms with van der Waals surface area (Å²) in [5.41, 5.74) is -0.988. The fourth-order valence-electron chi connectivity index (χ4n) is 1.27. The van der Waals surface area contributed by atoms with Gasteiger partial charge in [-0.1, -0.05) is 32.1 Å². The molecule has 0 heterocycles. The molecule has 23 heavy (non-hydrogen) atoms. The van der Waals surface area contributed by atoms with E-state index >= 15 is 0 Å². The molecule has 0 spiro atoms. The van der Waals surface area contributed by atoms with E-state index in [4.69, 9.17) is 5.11 Å². The van der Waals surface area contributed by atoms with Crippen LogP contribution < -0.4 is 5.32 Å². The summed E-state index contributed by atoms with van der Waals surface area (Å²) in [7, 11) is 0. The Labute approximate surface area is 178 Å².